The minimum absolute atomic E-state index is 0.0157. The average molecular weight is 365 g/mol. The van der Waals surface area contributed by atoms with Gasteiger partial charge < -0.3 is 14.4 Å². The number of Topliss-reactive ketones (excluding diaryl/α,β-unsaturated/α-hetero) is 1. The summed E-state index contributed by atoms with van der Waals surface area (Å²) < 4.78 is 5.52. The Morgan fingerprint density at radius 1 is 1.19 bits per heavy atom. The van der Waals surface area contributed by atoms with Crippen LogP contribution in [-0.2, 0) is 18.3 Å². The van der Waals surface area contributed by atoms with E-state index in [1.54, 1.807) is 0 Å². The SMILES string of the molecule is O=C1CCCc2occ(C(=O)N3CCC4(CC3)c3ccccc3C[C@H]4O)c21. The second-order valence-corrected chi connectivity index (χ2v) is 8.05. The number of carbonyl (C=O) groups is 2. The first-order valence-corrected chi connectivity index (χ1v) is 9.79. The summed E-state index contributed by atoms with van der Waals surface area (Å²) in [5.41, 5.74) is 3.12. The quantitative estimate of drug-likeness (QED) is 0.844. The van der Waals surface area contributed by atoms with Crippen LogP contribution >= 0.6 is 0 Å². The molecule has 0 radical (unpaired) electrons. The number of fused-ring (bicyclic) bond motifs is 3. The van der Waals surface area contributed by atoms with E-state index in [1.807, 2.05) is 17.0 Å². The molecule has 1 N–H and O–H groups in total. The summed E-state index contributed by atoms with van der Waals surface area (Å²) in [7, 11) is 0. The number of piperidine rings is 1. The molecule has 2 aliphatic carbocycles. The Morgan fingerprint density at radius 2 is 1.96 bits per heavy atom. The molecular weight excluding hydrogens is 342 g/mol. The number of benzene rings is 1. The molecule has 1 fully saturated rings. The van der Waals surface area contributed by atoms with Gasteiger partial charge in [0.05, 0.1) is 17.2 Å². The van der Waals surface area contributed by atoms with Crippen molar-refractivity contribution in [3.8, 4) is 0 Å². The molecule has 5 rings (SSSR count). The molecule has 0 unspecified atom stereocenters. The third-order valence-corrected chi connectivity index (χ3v) is 6.73. The van der Waals surface area contributed by atoms with Gasteiger partial charge in [0.25, 0.3) is 5.91 Å². The summed E-state index contributed by atoms with van der Waals surface area (Å²) in [5, 5.41) is 10.8. The van der Waals surface area contributed by atoms with Crippen molar-refractivity contribution in [2.75, 3.05) is 13.1 Å². The van der Waals surface area contributed by atoms with Crippen LogP contribution in [0.25, 0.3) is 0 Å². The number of rotatable bonds is 1. The van der Waals surface area contributed by atoms with Gasteiger partial charge in [-0.2, -0.15) is 0 Å². The predicted octanol–water partition coefficient (Wildman–Crippen LogP) is 2.89. The number of amides is 1. The highest BCUT2D eigenvalue weighted by atomic mass is 16.3. The fourth-order valence-electron chi connectivity index (χ4n) is 5.23. The van der Waals surface area contributed by atoms with Crippen molar-refractivity contribution in [3.05, 3.63) is 58.5 Å². The Bertz CT molecular complexity index is 920. The predicted molar refractivity (Wildman–Crippen MR) is 98.9 cm³/mol. The highest BCUT2D eigenvalue weighted by molar-refractivity contribution is 6.09. The maximum atomic E-state index is 13.1. The van der Waals surface area contributed by atoms with E-state index in [0.717, 1.165) is 25.7 Å². The molecule has 1 amide bonds. The maximum absolute atomic E-state index is 13.1. The lowest BCUT2D eigenvalue weighted by molar-refractivity contribution is 0.0364. The second-order valence-electron chi connectivity index (χ2n) is 8.05. The Labute approximate surface area is 158 Å². The van der Waals surface area contributed by atoms with E-state index in [4.69, 9.17) is 4.42 Å². The van der Waals surface area contributed by atoms with Crippen LogP contribution in [0.5, 0.6) is 0 Å². The Hall–Kier alpha value is -2.40. The van der Waals surface area contributed by atoms with Crippen LogP contribution in [0.3, 0.4) is 0 Å². The monoisotopic (exact) mass is 365 g/mol. The van der Waals surface area contributed by atoms with Crippen molar-refractivity contribution in [3.63, 3.8) is 0 Å². The average Bonchev–Trinajstić information content (AvgIpc) is 3.23. The number of likely N-dealkylation sites (tertiary alicyclic amines) is 1. The van der Waals surface area contributed by atoms with Gasteiger partial charge in [-0.1, -0.05) is 24.3 Å². The van der Waals surface area contributed by atoms with Gasteiger partial charge in [-0.05, 0) is 36.8 Å². The van der Waals surface area contributed by atoms with Gasteiger partial charge in [0.1, 0.15) is 12.0 Å². The lowest BCUT2D eigenvalue weighted by Gasteiger charge is -2.42. The largest absolute Gasteiger partial charge is 0.468 e. The molecule has 1 aromatic carbocycles. The standard InChI is InChI=1S/C22H23NO4/c24-17-6-3-7-18-20(17)15(13-27-18)21(26)23-10-8-22(9-11-23)16-5-2-1-4-14(16)12-19(22)25/h1-2,4-5,13,19,25H,3,6-12H2/t19-/m1/s1. The molecule has 1 aliphatic heterocycles. The molecule has 5 heteroatoms. The van der Waals surface area contributed by atoms with Crippen LogP contribution in [-0.4, -0.2) is 40.9 Å². The molecule has 1 aromatic heterocycles. The highest BCUT2D eigenvalue weighted by Gasteiger charge is 2.48. The van der Waals surface area contributed by atoms with Crippen molar-refractivity contribution in [2.45, 2.75) is 50.0 Å². The number of aliphatic hydroxyl groups is 1. The Morgan fingerprint density at radius 3 is 2.78 bits per heavy atom. The van der Waals surface area contributed by atoms with Gasteiger partial charge in [0.2, 0.25) is 0 Å². The van der Waals surface area contributed by atoms with Gasteiger partial charge >= 0.3 is 0 Å². The van der Waals surface area contributed by atoms with Crippen molar-refractivity contribution in [2.24, 2.45) is 0 Å². The first-order valence-electron chi connectivity index (χ1n) is 9.79. The lowest BCUT2D eigenvalue weighted by Crippen LogP contribution is -2.49. The summed E-state index contributed by atoms with van der Waals surface area (Å²) in [6.45, 7) is 1.16. The van der Waals surface area contributed by atoms with Gasteiger partial charge in [0, 0.05) is 31.3 Å². The minimum atomic E-state index is -0.393. The van der Waals surface area contributed by atoms with E-state index < -0.39 is 6.10 Å². The Kier molecular flexibility index (Phi) is 3.76. The normalized spacial score (nSPS) is 23.4. The lowest BCUT2D eigenvalue weighted by atomic mass is 9.72. The first kappa shape index (κ1) is 16.8. The van der Waals surface area contributed by atoms with Crippen molar-refractivity contribution >= 4 is 11.7 Å². The number of nitrogens with zero attached hydrogens (tertiary/aromatic N) is 1. The Balaban J connectivity index is 1.38. The molecule has 5 nitrogen and oxygen atoms in total. The molecule has 2 aromatic rings. The first-order chi connectivity index (χ1) is 13.1. The van der Waals surface area contributed by atoms with Gasteiger partial charge in [-0.15, -0.1) is 0 Å². The van der Waals surface area contributed by atoms with Crippen LogP contribution in [0.2, 0.25) is 0 Å². The highest BCUT2D eigenvalue weighted by Crippen LogP contribution is 2.46. The van der Waals surface area contributed by atoms with E-state index in [0.29, 0.717) is 42.8 Å². The third-order valence-electron chi connectivity index (χ3n) is 6.73. The molecule has 140 valence electrons. The number of aliphatic hydroxyl groups excluding tert-OH is 1. The van der Waals surface area contributed by atoms with Crippen LogP contribution < -0.4 is 0 Å². The minimum Gasteiger partial charge on any atom is -0.468 e. The van der Waals surface area contributed by atoms with E-state index in [1.165, 1.54) is 17.4 Å². The fourth-order valence-corrected chi connectivity index (χ4v) is 5.23. The number of ketones is 1. The van der Waals surface area contributed by atoms with Crippen LogP contribution in [0.4, 0.5) is 0 Å². The van der Waals surface area contributed by atoms with Crippen LogP contribution in [0.1, 0.15) is 63.3 Å². The zero-order valence-corrected chi connectivity index (χ0v) is 15.2. The van der Waals surface area contributed by atoms with Crippen molar-refractivity contribution < 1.29 is 19.1 Å². The van der Waals surface area contributed by atoms with Gasteiger partial charge in [-0.25, -0.2) is 0 Å². The summed E-state index contributed by atoms with van der Waals surface area (Å²) in [4.78, 5) is 27.1. The summed E-state index contributed by atoms with van der Waals surface area (Å²) in [6, 6.07) is 8.25. The summed E-state index contributed by atoms with van der Waals surface area (Å²) >= 11 is 0. The molecular formula is C22H23NO4. The van der Waals surface area contributed by atoms with E-state index in [9.17, 15) is 14.7 Å². The molecule has 0 saturated carbocycles. The summed E-state index contributed by atoms with van der Waals surface area (Å²) in [6.07, 6.45) is 5.23. The van der Waals surface area contributed by atoms with Gasteiger partial charge in [-0.3, -0.25) is 9.59 Å². The van der Waals surface area contributed by atoms with Crippen LogP contribution in [0.15, 0.2) is 34.9 Å². The molecule has 1 atom stereocenters. The van der Waals surface area contributed by atoms with E-state index in [2.05, 4.69) is 12.1 Å². The second kappa shape index (κ2) is 6.06. The zero-order chi connectivity index (χ0) is 18.6. The topological polar surface area (TPSA) is 70.8 Å². The molecule has 0 bridgehead atoms. The van der Waals surface area contributed by atoms with E-state index in [-0.39, 0.29) is 17.1 Å². The summed E-state index contributed by atoms with van der Waals surface area (Å²) in [5.74, 6) is 0.552. The number of hydrogen-bond donors (Lipinski definition) is 1. The molecule has 1 spiro atoms. The number of carbonyl (C=O) groups excluding carboxylic acids is 2. The van der Waals surface area contributed by atoms with Crippen LogP contribution in [0, 0.1) is 0 Å². The van der Waals surface area contributed by atoms with Crippen molar-refractivity contribution in [1.29, 1.82) is 0 Å². The molecule has 2 heterocycles. The molecule has 1 saturated heterocycles. The molecule has 27 heavy (non-hydrogen) atoms. The van der Waals surface area contributed by atoms with E-state index >= 15 is 0 Å². The molecule has 3 aliphatic rings. The number of furan rings is 1. The smallest absolute Gasteiger partial charge is 0.257 e. The van der Waals surface area contributed by atoms with Gasteiger partial charge in [0.15, 0.2) is 5.78 Å². The number of aryl methyl sites for hydroxylation is 1. The zero-order valence-electron chi connectivity index (χ0n) is 15.2. The van der Waals surface area contributed by atoms with Crippen molar-refractivity contribution in [1.82, 2.24) is 4.90 Å². The number of hydrogen-bond acceptors (Lipinski definition) is 4. The fraction of sp³-hybridized carbons (Fsp3) is 0.455. The third kappa shape index (κ3) is 2.41. The maximum Gasteiger partial charge on any atom is 0.257 e.